The number of nitrogens with one attached hydrogen (secondary N) is 2. The van der Waals surface area contributed by atoms with Crippen molar-refractivity contribution in [3.8, 4) is 0 Å². The summed E-state index contributed by atoms with van der Waals surface area (Å²) >= 11 is 0. The molecular formula is C20H22N2O2. The molecule has 0 aromatic heterocycles. The van der Waals surface area contributed by atoms with Crippen LogP contribution in [-0.2, 0) is 4.79 Å². The van der Waals surface area contributed by atoms with Gasteiger partial charge in [0.05, 0.1) is 11.3 Å². The van der Waals surface area contributed by atoms with Crippen molar-refractivity contribution in [1.29, 1.82) is 0 Å². The first kappa shape index (κ1) is 17.5. The minimum Gasteiger partial charge on any atom is -0.355 e. The van der Waals surface area contributed by atoms with E-state index in [4.69, 9.17) is 0 Å². The lowest BCUT2D eigenvalue weighted by Gasteiger charge is -2.08. The molecule has 124 valence electrons. The Morgan fingerprint density at radius 1 is 1.00 bits per heavy atom. The predicted octanol–water partition coefficient (Wildman–Crippen LogP) is 3.82. The van der Waals surface area contributed by atoms with Crippen LogP contribution in [-0.4, -0.2) is 18.9 Å². The van der Waals surface area contributed by atoms with Gasteiger partial charge in [0.25, 0.3) is 5.91 Å². The second-order valence-corrected chi connectivity index (χ2v) is 5.77. The highest BCUT2D eigenvalue weighted by Crippen LogP contribution is 2.16. The van der Waals surface area contributed by atoms with Crippen molar-refractivity contribution in [2.24, 2.45) is 0 Å². The molecule has 0 spiro atoms. The third kappa shape index (κ3) is 4.56. The number of carbonyl (C=O) groups is 2. The van der Waals surface area contributed by atoms with Crippen molar-refractivity contribution >= 4 is 23.6 Å². The van der Waals surface area contributed by atoms with E-state index in [-0.39, 0.29) is 11.8 Å². The molecule has 4 nitrogen and oxygen atoms in total. The van der Waals surface area contributed by atoms with E-state index in [0.717, 1.165) is 5.56 Å². The normalized spacial score (nSPS) is 10.8. The molecule has 0 saturated heterocycles. The van der Waals surface area contributed by atoms with Crippen LogP contribution in [0.25, 0.3) is 6.08 Å². The van der Waals surface area contributed by atoms with Gasteiger partial charge in [-0.25, -0.2) is 0 Å². The van der Waals surface area contributed by atoms with Gasteiger partial charge in [0.1, 0.15) is 0 Å². The Morgan fingerprint density at radius 2 is 1.67 bits per heavy atom. The van der Waals surface area contributed by atoms with Crippen LogP contribution in [0.5, 0.6) is 0 Å². The lowest BCUT2D eigenvalue weighted by Crippen LogP contribution is -2.20. The first-order chi connectivity index (χ1) is 11.5. The maximum Gasteiger partial charge on any atom is 0.253 e. The first-order valence-corrected chi connectivity index (χ1v) is 7.91. The van der Waals surface area contributed by atoms with Gasteiger partial charge in [-0.3, -0.25) is 9.59 Å². The van der Waals surface area contributed by atoms with Crippen LogP contribution in [0.1, 0.15) is 41.3 Å². The molecule has 2 rings (SSSR count). The second kappa shape index (κ2) is 8.11. The fourth-order valence-corrected chi connectivity index (χ4v) is 2.26. The van der Waals surface area contributed by atoms with Gasteiger partial charge in [0.15, 0.2) is 0 Å². The molecule has 0 aliphatic heterocycles. The van der Waals surface area contributed by atoms with E-state index >= 15 is 0 Å². The van der Waals surface area contributed by atoms with E-state index in [1.807, 2.05) is 12.1 Å². The molecule has 0 bridgehead atoms. The third-order valence-electron chi connectivity index (χ3n) is 3.69. The number of anilines is 1. The number of amides is 2. The fourth-order valence-electron chi connectivity index (χ4n) is 2.26. The SMILES string of the molecule is CNC(=O)c1ccccc1NC(=O)/C=C/c1ccc(C(C)C)cc1. The van der Waals surface area contributed by atoms with Crippen LogP contribution < -0.4 is 10.6 Å². The van der Waals surface area contributed by atoms with Gasteiger partial charge in [-0.05, 0) is 35.3 Å². The summed E-state index contributed by atoms with van der Waals surface area (Å²) in [6.07, 6.45) is 3.22. The molecule has 4 heteroatoms. The molecule has 2 aromatic carbocycles. The Bertz CT molecular complexity index is 746. The smallest absolute Gasteiger partial charge is 0.253 e. The zero-order chi connectivity index (χ0) is 17.5. The standard InChI is InChI=1S/C20H22N2O2/c1-14(2)16-11-8-15(9-12-16)10-13-19(23)22-18-7-5-4-6-17(18)20(24)21-3/h4-14H,1-3H3,(H,21,24)(H,22,23)/b13-10+. The summed E-state index contributed by atoms with van der Waals surface area (Å²) in [6, 6.07) is 15.0. The van der Waals surface area contributed by atoms with Gasteiger partial charge in [0.2, 0.25) is 5.91 Å². The van der Waals surface area contributed by atoms with E-state index in [1.54, 1.807) is 37.4 Å². The molecule has 2 N–H and O–H groups in total. The average molecular weight is 322 g/mol. The highest BCUT2D eigenvalue weighted by Gasteiger charge is 2.10. The molecule has 2 amide bonds. The summed E-state index contributed by atoms with van der Waals surface area (Å²) in [5.41, 5.74) is 3.13. The number of benzene rings is 2. The Balaban J connectivity index is 2.07. The van der Waals surface area contributed by atoms with Crippen molar-refractivity contribution in [1.82, 2.24) is 5.32 Å². The van der Waals surface area contributed by atoms with Crippen molar-refractivity contribution in [2.45, 2.75) is 19.8 Å². The van der Waals surface area contributed by atoms with E-state index < -0.39 is 0 Å². The molecule has 0 atom stereocenters. The summed E-state index contributed by atoms with van der Waals surface area (Å²) in [6.45, 7) is 4.28. The van der Waals surface area contributed by atoms with Gasteiger partial charge in [-0.2, -0.15) is 0 Å². The summed E-state index contributed by atoms with van der Waals surface area (Å²) in [7, 11) is 1.56. The number of hydrogen-bond donors (Lipinski definition) is 2. The van der Waals surface area contributed by atoms with Crippen LogP contribution in [0.15, 0.2) is 54.6 Å². The summed E-state index contributed by atoms with van der Waals surface area (Å²) in [5, 5.41) is 5.30. The van der Waals surface area contributed by atoms with E-state index in [9.17, 15) is 9.59 Å². The number of hydrogen-bond acceptors (Lipinski definition) is 2. The Morgan fingerprint density at radius 3 is 2.29 bits per heavy atom. The highest BCUT2D eigenvalue weighted by atomic mass is 16.2. The first-order valence-electron chi connectivity index (χ1n) is 7.91. The molecule has 24 heavy (non-hydrogen) atoms. The second-order valence-electron chi connectivity index (χ2n) is 5.77. The van der Waals surface area contributed by atoms with Gasteiger partial charge in [-0.1, -0.05) is 50.2 Å². The van der Waals surface area contributed by atoms with E-state index in [0.29, 0.717) is 17.2 Å². The largest absolute Gasteiger partial charge is 0.355 e. The molecule has 0 aliphatic carbocycles. The minimum absolute atomic E-state index is 0.237. The molecule has 0 heterocycles. The summed E-state index contributed by atoms with van der Waals surface area (Å²) in [5.74, 6) is -0.0361. The average Bonchev–Trinajstić information content (AvgIpc) is 2.60. The number of carbonyl (C=O) groups excluding carboxylic acids is 2. The van der Waals surface area contributed by atoms with Crippen LogP contribution in [0.4, 0.5) is 5.69 Å². The summed E-state index contributed by atoms with van der Waals surface area (Å²) < 4.78 is 0. The molecule has 0 aliphatic rings. The monoisotopic (exact) mass is 322 g/mol. The number of rotatable bonds is 5. The van der Waals surface area contributed by atoms with Gasteiger partial charge >= 0.3 is 0 Å². The molecule has 0 fully saturated rings. The fraction of sp³-hybridized carbons (Fsp3) is 0.200. The minimum atomic E-state index is -0.278. The third-order valence-corrected chi connectivity index (χ3v) is 3.69. The Labute approximate surface area is 142 Å². The lowest BCUT2D eigenvalue weighted by atomic mass is 10.0. The molecule has 0 saturated carbocycles. The maximum absolute atomic E-state index is 12.1. The van der Waals surface area contributed by atoms with Crippen LogP contribution >= 0.6 is 0 Å². The molecule has 2 aromatic rings. The Hall–Kier alpha value is -2.88. The molecule has 0 unspecified atom stereocenters. The summed E-state index contributed by atoms with van der Waals surface area (Å²) in [4.78, 5) is 23.9. The quantitative estimate of drug-likeness (QED) is 0.822. The van der Waals surface area contributed by atoms with E-state index in [2.05, 4.69) is 36.6 Å². The van der Waals surface area contributed by atoms with Crippen molar-refractivity contribution in [3.05, 3.63) is 71.3 Å². The predicted molar refractivity (Wildman–Crippen MR) is 98.0 cm³/mol. The van der Waals surface area contributed by atoms with Crippen LogP contribution in [0.2, 0.25) is 0 Å². The van der Waals surface area contributed by atoms with Crippen LogP contribution in [0, 0.1) is 0 Å². The van der Waals surface area contributed by atoms with Crippen molar-refractivity contribution in [2.75, 3.05) is 12.4 Å². The Kier molecular flexibility index (Phi) is 5.90. The van der Waals surface area contributed by atoms with Gasteiger partial charge in [0, 0.05) is 13.1 Å². The van der Waals surface area contributed by atoms with Crippen molar-refractivity contribution < 1.29 is 9.59 Å². The maximum atomic E-state index is 12.1. The topological polar surface area (TPSA) is 58.2 Å². The van der Waals surface area contributed by atoms with Crippen LogP contribution in [0.3, 0.4) is 0 Å². The highest BCUT2D eigenvalue weighted by molar-refractivity contribution is 6.07. The number of para-hydroxylation sites is 1. The van der Waals surface area contributed by atoms with Crippen molar-refractivity contribution in [3.63, 3.8) is 0 Å². The van der Waals surface area contributed by atoms with Gasteiger partial charge < -0.3 is 10.6 Å². The zero-order valence-electron chi connectivity index (χ0n) is 14.2. The lowest BCUT2D eigenvalue weighted by molar-refractivity contribution is -0.111. The van der Waals surface area contributed by atoms with Gasteiger partial charge in [-0.15, -0.1) is 0 Å². The van der Waals surface area contributed by atoms with E-state index in [1.165, 1.54) is 11.6 Å². The molecular weight excluding hydrogens is 300 g/mol. The zero-order valence-corrected chi connectivity index (χ0v) is 14.2. The molecule has 0 radical (unpaired) electrons.